The van der Waals surface area contributed by atoms with Crippen molar-refractivity contribution >= 4 is 10.0 Å². The molecule has 7 heteroatoms. The van der Waals surface area contributed by atoms with Crippen LogP contribution >= 0.6 is 0 Å². The first-order valence-electron chi connectivity index (χ1n) is 7.19. The molecule has 1 saturated heterocycles. The topological polar surface area (TPSA) is 76.7 Å². The quantitative estimate of drug-likeness (QED) is 0.789. The van der Waals surface area contributed by atoms with Crippen molar-refractivity contribution in [1.82, 2.24) is 10.0 Å². The van der Waals surface area contributed by atoms with Crippen LogP contribution in [0.25, 0.3) is 0 Å². The largest absolute Gasteiger partial charge is 0.490 e. The second-order valence-corrected chi connectivity index (χ2v) is 6.50. The summed E-state index contributed by atoms with van der Waals surface area (Å²) < 4.78 is 38.4. The van der Waals surface area contributed by atoms with E-state index in [0.717, 1.165) is 13.0 Å². The standard InChI is InChI=1S/C14H22N2O4S/c1-3-19-13-6-5-12(9-14(13)20-4-2)21(17,18)16-11-7-8-15-10-11/h5-6,9,11,15-16H,3-4,7-8,10H2,1-2H3/t11-/m0/s1. The first-order chi connectivity index (χ1) is 10.1. The Balaban J connectivity index is 2.23. The summed E-state index contributed by atoms with van der Waals surface area (Å²) in [6.07, 6.45) is 0.800. The van der Waals surface area contributed by atoms with E-state index in [-0.39, 0.29) is 10.9 Å². The minimum Gasteiger partial charge on any atom is -0.490 e. The van der Waals surface area contributed by atoms with Crippen LogP contribution in [-0.4, -0.2) is 40.8 Å². The zero-order valence-corrected chi connectivity index (χ0v) is 13.2. The molecular formula is C14H22N2O4S. The van der Waals surface area contributed by atoms with Gasteiger partial charge >= 0.3 is 0 Å². The van der Waals surface area contributed by atoms with Gasteiger partial charge in [-0.25, -0.2) is 13.1 Å². The van der Waals surface area contributed by atoms with Crippen LogP contribution in [0, 0.1) is 0 Å². The lowest BCUT2D eigenvalue weighted by Gasteiger charge is -2.15. The number of ether oxygens (including phenoxy) is 2. The Morgan fingerprint density at radius 1 is 1.24 bits per heavy atom. The molecule has 0 saturated carbocycles. The van der Waals surface area contributed by atoms with E-state index >= 15 is 0 Å². The molecular weight excluding hydrogens is 292 g/mol. The fraction of sp³-hybridized carbons (Fsp3) is 0.571. The molecule has 1 aromatic rings. The Labute approximate surface area is 125 Å². The SMILES string of the molecule is CCOc1ccc(S(=O)(=O)N[C@H]2CCNC2)cc1OCC. The monoisotopic (exact) mass is 314 g/mol. The molecule has 1 aromatic carbocycles. The highest BCUT2D eigenvalue weighted by Crippen LogP contribution is 2.30. The summed E-state index contributed by atoms with van der Waals surface area (Å²) in [6, 6.07) is 4.63. The smallest absolute Gasteiger partial charge is 0.241 e. The predicted molar refractivity (Wildman–Crippen MR) is 80.4 cm³/mol. The van der Waals surface area contributed by atoms with E-state index in [1.807, 2.05) is 13.8 Å². The van der Waals surface area contributed by atoms with Crippen molar-refractivity contribution in [2.75, 3.05) is 26.3 Å². The highest BCUT2D eigenvalue weighted by atomic mass is 32.2. The van der Waals surface area contributed by atoms with E-state index in [1.165, 1.54) is 12.1 Å². The average Bonchev–Trinajstić information content (AvgIpc) is 2.93. The second kappa shape index (κ2) is 7.11. The number of hydrogen-bond acceptors (Lipinski definition) is 5. The maximum absolute atomic E-state index is 12.4. The average molecular weight is 314 g/mol. The van der Waals surface area contributed by atoms with Crippen LogP contribution in [0.2, 0.25) is 0 Å². The van der Waals surface area contributed by atoms with Gasteiger partial charge in [-0.05, 0) is 38.9 Å². The Kier molecular flexibility index (Phi) is 5.44. The lowest BCUT2D eigenvalue weighted by Crippen LogP contribution is -2.36. The number of nitrogens with one attached hydrogen (secondary N) is 2. The van der Waals surface area contributed by atoms with Crippen LogP contribution < -0.4 is 19.5 Å². The van der Waals surface area contributed by atoms with Crippen molar-refractivity contribution in [1.29, 1.82) is 0 Å². The third kappa shape index (κ3) is 4.09. The molecule has 0 unspecified atom stereocenters. The molecule has 1 aliphatic heterocycles. The summed E-state index contributed by atoms with van der Waals surface area (Å²) in [6.45, 7) is 6.16. The Morgan fingerprint density at radius 2 is 1.95 bits per heavy atom. The van der Waals surface area contributed by atoms with Gasteiger partial charge in [0.2, 0.25) is 10.0 Å². The molecule has 2 rings (SSSR count). The summed E-state index contributed by atoms with van der Waals surface area (Å²) in [5, 5.41) is 3.13. The molecule has 6 nitrogen and oxygen atoms in total. The zero-order valence-electron chi connectivity index (χ0n) is 12.4. The van der Waals surface area contributed by atoms with E-state index < -0.39 is 10.0 Å². The Bertz CT molecular complexity index is 568. The van der Waals surface area contributed by atoms with Crippen LogP contribution in [0.5, 0.6) is 11.5 Å². The molecule has 118 valence electrons. The summed E-state index contributed by atoms with van der Waals surface area (Å²) in [5.41, 5.74) is 0. The van der Waals surface area contributed by atoms with Crippen molar-refractivity contribution in [3.8, 4) is 11.5 Å². The molecule has 0 aliphatic carbocycles. The third-order valence-electron chi connectivity index (χ3n) is 3.21. The van der Waals surface area contributed by atoms with Crippen molar-refractivity contribution < 1.29 is 17.9 Å². The van der Waals surface area contributed by atoms with Gasteiger partial charge in [0.1, 0.15) is 0 Å². The molecule has 2 N–H and O–H groups in total. The number of hydrogen-bond donors (Lipinski definition) is 2. The predicted octanol–water partition coefficient (Wildman–Crippen LogP) is 1.12. The van der Waals surface area contributed by atoms with E-state index in [0.29, 0.717) is 31.3 Å². The second-order valence-electron chi connectivity index (χ2n) is 4.79. The molecule has 1 aliphatic rings. The van der Waals surface area contributed by atoms with Crippen LogP contribution in [0.1, 0.15) is 20.3 Å². The Morgan fingerprint density at radius 3 is 2.57 bits per heavy atom. The molecule has 0 spiro atoms. The van der Waals surface area contributed by atoms with Gasteiger partial charge < -0.3 is 14.8 Å². The molecule has 1 atom stereocenters. The van der Waals surface area contributed by atoms with Gasteiger partial charge in [-0.2, -0.15) is 0 Å². The van der Waals surface area contributed by atoms with Gasteiger partial charge in [0.05, 0.1) is 18.1 Å². The first-order valence-corrected chi connectivity index (χ1v) is 8.67. The molecule has 0 bridgehead atoms. The number of sulfonamides is 1. The van der Waals surface area contributed by atoms with Gasteiger partial charge in [0, 0.05) is 18.7 Å². The van der Waals surface area contributed by atoms with Gasteiger partial charge in [-0.3, -0.25) is 0 Å². The highest BCUT2D eigenvalue weighted by molar-refractivity contribution is 7.89. The summed E-state index contributed by atoms with van der Waals surface area (Å²) >= 11 is 0. The van der Waals surface area contributed by atoms with E-state index in [2.05, 4.69) is 10.0 Å². The van der Waals surface area contributed by atoms with Crippen molar-refractivity contribution in [3.63, 3.8) is 0 Å². The van der Waals surface area contributed by atoms with Crippen molar-refractivity contribution in [2.45, 2.75) is 31.2 Å². The van der Waals surface area contributed by atoms with Crippen LogP contribution in [0.15, 0.2) is 23.1 Å². The minimum absolute atomic E-state index is 0.0582. The fourth-order valence-electron chi connectivity index (χ4n) is 2.24. The van der Waals surface area contributed by atoms with Crippen molar-refractivity contribution in [3.05, 3.63) is 18.2 Å². The maximum Gasteiger partial charge on any atom is 0.241 e. The lowest BCUT2D eigenvalue weighted by atomic mass is 10.3. The summed E-state index contributed by atoms with van der Waals surface area (Å²) in [7, 11) is -3.54. The summed E-state index contributed by atoms with van der Waals surface area (Å²) in [4.78, 5) is 0.196. The first kappa shape index (κ1) is 16.1. The molecule has 1 heterocycles. The van der Waals surface area contributed by atoms with Crippen LogP contribution in [-0.2, 0) is 10.0 Å². The van der Waals surface area contributed by atoms with Crippen LogP contribution in [0.3, 0.4) is 0 Å². The maximum atomic E-state index is 12.4. The van der Waals surface area contributed by atoms with E-state index in [1.54, 1.807) is 6.07 Å². The molecule has 21 heavy (non-hydrogen) atoms. The van der Waals surface area contributed by atoms with Gasteiger partial charge in [0.25, 0.3) is 0 Å². The van der Waals surface area contributed by atoms with E-state index in [4.69, 9.17) is 9.47 Å². The van der Waals surface area contributed by atoms with Crippen LogP contribution in [0.4, 0.5) is 0 Å². The third-order valence-corrected chi connectivity index (χ3v) is 4.73. The minimum atomic E-state index is -3.54. The lowest BCUT2D eigenvalue weighted by molar-refractivity contribution is 0.287. The normalized spacial score (nSPS) is 18.7. The number of benzene rings is 1. The highest BCUT2D eigenvalue weighted by Gasteiger charge is 2.23. The molecule has 0 radical (unpaired) electrons. The van der Waals surface area contributed by atoms with Gasteiger partial charge in [-0.1, -0.05) is 0 Å². The molecule has 0 amide bonds. The van der Waals surface area contributed by atoms with Gasteiger partial charge in [-0.15, -0.1) is 0 Å². The molecule has 0 aromatic heterocycles. The number of rotatable bonds is 7. The fourth-order valence-corrected chi connectivity index (χ4v) is 3.53. The Hall–Kier alpha value is -1.31. The zero-order chi connectivity index (χ0) is 15.3. The van der Waals surface area contributed by atoms with Gasteiger partial charge in [0.15, 0.2) is 11.5 Å². The molecule has 1 fully saturated rings. The van der Waals surface area contributed by atoms with E-state index in [9.17, 15) is 8.42 Å². The van der Waals surface area contributed by atoms with Crippen molar-refractivity contribution in [2.24, 2.45) is 0 Å². The summed E-state index contributed by atoms with van der Waals surface area (Å²) in [5.74, 6) is 1.01.